The second-order valence-electron chi connectivity index (χ2n) is 8.55. The number of aromatic nitrogens is 4. The number of nitrogens with one attached hydrogen (secondary N) is 3. The summed E-state index contributed by atoms with van der Waals surface area (Å²) in [6.45, 7) is 0.376. The van der Waals surface area contributed by atoms with Crippen LogP contribution in [-0.4, -0.2) is 58.6 Å². The third-order valence-electron chi connectivity index (χ3n) is 6.15. The van der Waals surface area contributed by atoms with Crippen LogP contribution in [0, 0.1) is 11.6 Å². The summed E-state index contributed by atoms with van der Waals surface area (Å²) in [6, 6.07) is 5.47. The fraction of sp³-hybridized carbons (Fsp3) is 0.280. The van der Waals surface area contributed by atoms with Crippen molar-refractivity contribution in [2.75, 3.05) is 25.6 Å². The molecule has 0 spiro atoms. The fourth-order valence-corrected chi connectivity index (χ4v) is 4.18. The number of aromatic amines is 1. The van der Waals surface area contributed by atoms with E-state index < -0.39 is 35.8 Å². The van der Waals surface area contributed by atoms with Crippen LogP contribution in [0.2, 0.25) is 0 Å². The molecule has 0 saturated carbocycles. The number of nitrogens with zero attached hydrogens (tertiary/aromatic N) is 3. The summed E-state index contributed by atoms with van der Waals surface area (Å²) >= 11 is 0. The zero-order chi connectivity index (χ0) is 25.9. The molecule has 5 rings (SSSR count). The van der Waals surface area contributed by atoms with Gasteiger partial charge in [0, 0.05) is 30.1 Å². The Bertz CT molecular complexity index is 1420. The van der Waals surface area contributed by atoms with Gasteiger partial charge in [0.25, 0.3) is 5.91 Å². The van der Waals surface area contributed by atoms with Crippen molar-refractivity contribution in [3.63, 3.8) is 0 Å². The van der Waals surface area contributed by atoms with E-state index in [0.717, 1.165) is 6.07 Å². The maximum atomic E-state index is 14.9. The van der Waals surface area contributed by atoms with Crippen molar-refractivity contribution < 1.29 is 27.4 Å². The Kier molecular flexibility index (Phi) is 6.91. The molecule has 0 aliphatic carbocycles. The monoisotopic (exact) mass is 512 g/mol. The molecule has 9 nitrogen and oxygen atoms in total. The average Bonchev–Trinajstić information content (AvgIpc) is 3.43. The minimum absolute atomic E-state index is 0.00781. The van der Waals surface area contributed by atoms with Gasteiger partial charge in [-0.2, -0.15) is 5.10 Å². The van der Waals surface area contributed by atoms with Gasteiger partial charge in [-0.05, 0) is 36.2 Å². The van der Waals surface area contributed by atoms with Gasteiger partial charge in [-0.15, -0.1) is 0 Å². The number of amides is 1. The topological polar surface area (TPSA) is 114 Å². The van der Waals surface area contributed by atoms with Gasteiger partial charge in [0.2, 0.25) is 5.95 Å². The first-order chi connectivity index (χ1) is 17.9. The van der Waals surface area contributed by atoms with Crippen molar-refractivity contribution in [1.82, 2.24) is 25.5 Å². The Labute approximate surface area is 209 Å². The van der Waals surface area contributed by atoms with Gasteiger partial charge in [-0.3, -0.25) is 9.89 Å². The summed E-state index contributed by atoms with van der Waals surface area (Å²) in [5.74, 6) is -1.75. The summed E-state index contributed by atoms with van der Waals surface area (Å²) in [7, 11) is 1.35. The first kappa shape index (κ1) is 24.5. The van der Waals surface area contributed by atoms with E-state index >= 15 is 0 Å². The van der Waals surface area contributed by atoms with Crippen LogP contribution in [0.15, 0.2) is 48.9 Å². The first-order valence-corrected chi connectivity index (χ1v) is 11.5. The molecule has 12 heteroatoms. The normalized spacial score (nSPS) is 18.4. The van der Waals surface area contributed by atoms with E-state index in [4.69, 9.17) is 9.47 Å². The van der Waals surface area contributed by atoms with Gasteiger partial charge < -0.3 is 20.1 Å². The molecule has 1 saturated heterocycles. The summed E-state index contributed by atoms with van der Waals surface area (Å²) in [5.41, 5.74) is 1.15. The fourth-order valence-electron chi connectivity index (χ4n) is 4.18. The van der Waals surface area contributed by atoms with Crippen LogP contribution in [0.1, 0.15) is 33.9 Å². The predicted octanol–water partition coefficient (Wildman–Crippen LogP) is 3.70. The molecule has 37 heavy (non-hydrogen) atoms. The van der Waals surface area contributed by atoms with Crippen molar-refractivity contribution >= 4 is 22.8 Å². The van der Waals surface area contributed by atoms with Crippen molar-refractivity contribution in [2.24, 2.45) is 0 Å². The van der Waals surface area contributed by atoms with Gasteiger partial charge in [-0.25, -0.2) is 23.1 Å². The lowest BCUT2D eigenvalue weighted by atomic mass is 10.0. The molecular weight excluding hydrogens is 489 g/mol. The molecule has 192 valence electrons. The highest BCUT2D eigenvalue weighted by molar-refractivity contribution is 5.98. The number of carbonyl (C=O) groups is 1. The van der Waals surface area contributed by atoms with Crippen LogP contribution < -0.4 is 15.4 Å². The molecule has 0 unspecified atom stereocenters. The SMILES string of the molecule is COc1ccc([C@H](NC(=O)c2cc(F)c3cnc(N[C@@H]4CCOC[C@@H]4F)nc3c2)c2cn[nH]c2)cc1F. The van der Waals surface area contributed by atoms with Crippen LogP contribution in [0.25, 0.3) is 10.9 Å². The Morgan fingerprint density at radius 2 is 2.05 bits per heavy atom. The number of H-pyrrole nitrogens is 1. The maximum Gasteiger partial charge on any atom is 0.252 e. The summed E-state index contributed by atoms with van der Waals surface area (Å²) in [5, 5.41) is 12.4. The van der Waals surface area contributed by atoms with E-state index in [1.54, 1.807) is 12.3 Å². The van der Waals surface area contributed by atoms with Gasteiger partial charge in [0.15, 0.2) is 11.6 Å². The van der Waals surface area contributed by atoms with E-state index in [1.807, 2.05) is 0 Å². The molecule has 0 radical (unpaired) electrons. The van der Waals surface area contributed by atoms with Crippen molar-refractivity contribution in [3.05, 3.63) is 77.2 Å². The van der Waals surface area contributed by atoms with E-state index in [2.05, 4.69) is 30.8 Å². The lowest BCUT2D eigenvalue weighted by Gasteiger charge is -2.26. The first-order valence-electron chi connectivity index (χ1n) is 11.5. The number of ether oxygens (including phenoxy) is 2. The van der Waals surface area contributed by atoms with Crippen LogP contribution in [0.5, 0.6) is 5.75 Å². The molecule has 3 heterocycles. The number of anilines is 1. The van der Waals surface area contributed by atoms with Crippen LogP contribution in [-0.2, 0) is 4.74 Å². The molecule has 3 N–H and O–H groups in total. The molecule has 2 aromatic carbocycles. The van der Waals surface area contributed by atoms with Crippen LogP contribution in [0.3, 0.4) is 0 Å². The lowest BCUT2D eigenvalue weighted by molar-refractivity contribution is 0.0284. The highest BCUT2D eigenvalue weighted by atomic mass is 19.1. The molecule has 4 aromatic rings. The Balaban J connectivity index is 1.43. The third-order valence-corrected chi connectivity index (χ3v) is 6.15. The molecule has 0 bridgehead atoms. The quantitative estimate of drug-likeness (QED) is 0.346. The number of rotatable bonds is 7. The third kappa shape index (κ3) is 5.19. The lowest BCUT2D eigenvalue weighted by Crippen LogP contribution is -2.39. The average molecular weight is 512 g/mol. The number of carbonyl (C=O) groups excluding carboxylic acids is 1. The summed E-state index contributed by atoms with van der Waals surface area (Å²) < 4.78 is 53.5. The number of fused-ring (bicyclic) bond motifs is 1. The predicted molar refractivity (Wildman–Crippen MR) is 128 cm³/mol. The molecular formula is C25H23F3N6O3. The number of hydrogen-bond acceptors (Lipinski definition) is 7. The van der Waals surface area contributed by atoms with Crippen molar-refractivity contribution in [1.29, 1.82) is 0 Å². The number of methoxy groups -OCH3 is 1. The van der Waals surface area contributed by atoms with Crippen LogP contribution >= 0.6 is 0 Å². The van der Waals surface area contributed by atoms with E-state index in [-0.39, 0.29) is 34.8 Å². The summed E-state index contributed by atoms with van der Waals surface area (Å²) in [4.78, 5) is 21.6. The van der Waals surface area contributed by atoms with Gasteiger partial charge in [0.1, 0.15) is 12.0 Å². The van der Waals surface area contributed by atoms with Crippen molar-refractivity contribution in [2.45, 2.75) is 24.7 Å². The van der Waals surface area contributed by atoms with Crippen LogP contribution in [0.4, 0.5) is 19.1 Å². The molecule has 3 atom stereocenters. The highest BCUT2D eigenvalue weighted by Crippen LogP contribution is 2.27. The Morgan fingerprint density at radius 3 is 2.78 bits per heavy atom. The second kappa shape index (κ2) is 10.4. The molecule has 2 aromatic heterocycles. The zero-order valence-corrected chi connectivity index (χ0v) is 19.7. The van der Waals surface area contributed by atoms with E-state index in [1.165, 1.54) is 37.7 Å². The Hall–Kier alpha value is -4.19. The number of alkyl halides is 1. The number of hydrogen-bond donors (Lipinski definition) is 3. The minimum atomic E-state index is -1.23. The van der Waals surface area contributed by atoms with E-state index in [0.29, 0.717) is 24.2 Å². The smallest absolute Gasteiger partial charge is 0.252 e. The largest absolute Gasteiger partial charge is 0.494 e. The van der Waals surface area contributed by atoms with Gasteiger partial charge in [0.05, 0.1) is 42.9 Å². The zero-order valence-electron chi connectivity index (χ0n) is 19.7. The standard InChI is InChI=1S/C25H23F3N6O3/c1-36-22-3-2-13(6-18(22)27)23(15-9-30-31-10-15)34-24(35)14-7-17(26)16-11-29-25(33-21(16)8-14)32-20-4-5-37-12-19(20)28/h2-3,6-11,19-20,23H,4-5,12H2,1H3,(H,30,31)(H,34,35)(H,29,32,33)/t19-,20+,23-/m0/s1. The second-order valence-corrected chi connectivity index (χ2v) is 8.55. The van der Waals surface area contributed by atoms with Gasteiger partial charge in [-0.1, -0.05) is 6.07 Å². The number of halogens is 3. The maximum absolute atomic E-state index is 14.9. The summed E-state index contributed by atoms with van der Waals surface area (Å²) in [6.07, 6.45) is 3.54. The van der Waals surface area contributed by atoms with Gasteiger partial charge >= 0.3 is 0 Å². The van der Waals surface area contributed by atoms with E-state index in [9.17, 15) is 18.0 Å². The minimum Gasteiger partial charge on any atom is -0.494 e. The Morgan fingerprint density at radius 1 is 1.19 bits per heavy atom. The molecule has 1 aliphatic heterocycles. The molecule has 1 aliphatic rings. The molecule has 1 fully saturated rings. The van der Waals surface area contributed by atoms with Crippen molar-refractivity contribution in [3.8, 4) is 5.75 Å². The highest BCUT2D eigenvalue weighted by Gasteiger charge is 2.26. The molecule has 1 amide bonds. The number of benzene rings is 2.